The second-order valence-corrected chi connectivity index (χ2v) is 10.4. The Bertz CT molecular complexity index is 1210. The minimum Gasteiger partial charge on any atom is -0.371 e. The van der Waals surface area contributed by atoms with Crippen LogP contribution in [0.25, 0.3) is 11.0 Å². The predicted octanol–water partition coefficient (Wildman–Crippen LogP) is 4.78. The fraction of sp³-hybridized carbons (Fsp3) is 0.519. The van der Waals surface area contributed by atoms with Crippen LogP contribution in [-0.2, 0) is 25.4 Å². The van der Waals surface area contributed by atoms with Crippen LogP contribution in [0.3, 0.4) is 0 Å². The van der Waals surface area contributed by atoms with E-state index >= 15 is 0 Å². The number of hydrogen-bond acceptors (Lipinski definition) is 3. The number of aromatic nitrogens is 2. The lowest BCUT2D eigenvalue weighted by Crippen LogP contribution is -2.53. The molecule has 0 radical (unpaired) electrons. The number of hydrogen-bond donors (Lipinski definition) is 0. The molecule has 0 bridgehead atoms. The molecule has 6 heteroatoms. The maximum Gasteiger partial charge on any atom is 0.328 e. The van der Waals surface area contributed by atoms with Gasteiger partial charge < -0.3 is 4.74 Å². The molecule has 176 valence electrons. The van der Waals surface area contributed by atoms with Crippen molar-refractivity contribution in [2.24, 2.45) is 25.9 Å². The molecule has 5 nitrogen and oxygen atoms in total. The minimum absolute atomic E-state index is 0.00656. The summed E-state index contributed by atoms with van der Waals surface area (Å²) in [5, 5.41) is 0. The van der Waals surface area contributed by atoms with Gasteiger partial charge in [-0.15, -0.1) is 0 Å². The first-order valence-corrected chi connectivity index (χ1v) is 12.1. The van der Waals surface area contributed by atoms with E-state index in [0.29, 0.717) is 18.4 Å². The van der Waals surface area contributed by atoms with Crippen molar-refractivity contribution >= 4 is 11.0 Å². The number of aryl methyl sites for hydroxylation is 2. The van der Waals surface area contributed by atoms with E-state index in [4.69, 9.17) is 4.74 Å². The Balaban J connectivity index is 1.40. The summed E-state index contributed by atoms with van der Waals surface area (Å²) in [6, 6.07) is 13.2. The van der Waals surface area contributed by atoms with E-state index in [1.54, 1.807) is 9.13 Å². The van der Waals surface area contributed by atoms with Crippen molar-refractivity contribution < 1.29 is 9.13 Å². The number of benzene rings is 2. The highest BCUT2D eigenvalue weighted by Gasteiger charge is 2.48. The van der Waals surface area contributed by atoms with Crippen molar-refractivity contribution in [3.05, 3.63) is 69.9 Å². The number of ether oxygens (including phenoxy) is 1. The van der Waals surface area contributed by atoms with Crippen molar-refractivity contribution in [3.8, 4) is 0 Å². The third-order valence-corrected chi connectivity index (χ3v) is 8.04. The van der Waals surface area contributed by atoms with Crippen molar-refractivity contribution in [1.29, 1.82) is 0 Å². The minimum atomic E-state index is -0.207. The molecule has 2 aliphatic rings. The molecule has 2 aromatic carbocycles. The molecule has 3 heterocycles. The largest absolute Gasteiger partial charge is 0.371 e. The first kappa shape index (κ1) is 22.4. The monoisotopic (exact) mass is 451 g/mol. The summed E-state index contributed by atoms with van der Waals surface area (Å²) >= 11 is 0. The second kappa shape index (κ2) is 8.41. The van der Waals surface area contributed by atoms with Crippen molar-refractivity contribution in [2.45, 2.75) is 51.3 Å². The van der Waals surface area contributed by atoms with Crippen LogP contribution in [0.5, 0.6) is 0 Å². The molecule has 2 aliphatic heterocycles. The molecule has 33 heavy (non-hydrogen) atoms. The molecule has 1 spiro atoms. The summed E-state index contributed by atoms with van der Waals surface area (Å²) in [5.41, 5.74) is 4.28. The number of nitrogens with zero attached hydrogens (tertiary/aromatic N) is 3. The summed E-state index contributed by atoms with van der Waals surface area (Å²) in [6.07, 6.45) is 3.40. The lowest BCUT2D eigenvalue weighted by Gasteiger charge is -2.49. The first-order chi connectivity index (χ1) is 15.8. The molecule has 0 aliphatic carbocycles. The maximum atomic E-state index is 13.5. The molecule has 1 aromatic heterocycles. The van der Waals surface area contributed by atoms with Crippen LogP contribution in [0.2, 0.25) is 0 Å². The molecule has 2 saturated heterocycles. The molecular weight excluding hydrogens is 417 g/mol. The van der Waals surface area contributed by atoms with Gasteiger partial charge >= 0.3 is 5.69 Å². The number of fused-ring (bicyclic) bond motifs is 1. The molecule has 0 N–H and O–H groups in total. The topological polar surface area (TPSA) is 39.4 Å². The lowest BCUT2D eigenvalue weighted by molar-refractivity contribution is -0.122. The van der Waals surface area contributed by atoms with Crippen LogP contribution in [-0.4, -0.2) is 32.7 Å². The van der Waals surface area contributed by atoms with E-state index in [2.05, 4.69) is 36.9 Å². The number of rotatable bonds is 4. The smallest absolute Gasteiger partial charge is 0.328 e. The number of likely N-dealkylation sites (tertiary alicyclic amines) is 1. The Hall–Kier alpha value is -2.44. The molecule has 0 amide bonds. The van der Waals surface area contributed by atoms with Gasteiger partial charge in [-0.3, -0.25) is 14.0 Å². The average molecular weight is 452 g/mol. The fourth-order valence-electron chi connectivity index (χ4n) is 6.06. The lowest BCUT2D eigenvalue weighted by atomic mass is 9.74. The highest BCUT2D eigenvalue weighted by atomic mass is 19.1. The zero-order chi connectivity index (χ0) is 23.3. The van der Waals surface area contributed by atoms with Crippen molar-refractivity contribution in [1.82, 2.24) is 14.0 Å². The number of imidazole rings is 1. The van der Waals surface area contributed by atoms with Gasteiger partial charge in [0, 0.05) is 26.2 Å². The Labute approximate surface area is 194 Å². The van der Waals surface area contributed by atoms with E-state index in [0.717, 1.165) is 42.5 Å². The zero-order valence-corrected chi connectivity index (χ0v) is 20.1. The normalized spacial score (nSPS) is 26.1. The van der Waals surface area contributed by atoms with Crippen LogP contribution < -0.4 is 5.69 Å². The third-order valence-electron chi connectivity index (χ3n) is 8.04. The molecule has 3 atom stereocenters. The van der Waals surface area contributed by atoms with E-state index in [-0.39, 0.29) is 23.1 Å². The van der Waals surface area contributed by atoms with Gasteiger partial charge in [0.15, 0.2) is 0 Å². The quantitative estimate of drug-likeness (QED) is 0.573. The Morgan fingerprint density at radius 1 is 1.09 bits per heavy atom. The van der Waals surface area contributed by atoms with Gasteiger partial charge in [0.1, 0.15) is 5.82 Å². The van der Waals surface area contributed by atoms with Crippen LogP contribution in [0.15, 0.2) is 47.3 Å². The van der Waals surface area contributed by atoms with E-state index < -0.39 is 0 Å². The van der Waals surface area contributed by atoms with E-state index in [1.165, 1.54) is 24.1 Å². The molecule has 5 rings (SSSR count). The summed E-state index contributed by atoms with van der Waals surface area (Å²) in [6.45, 7) is 7.15. The summed E-state index contributed by atoms with van der Waals surface area (Å²) in [5.74, 6) is 0.638. The standard InChI is InChI=1S/C27H34FN3O2/c1-18(2)22-15-27(17-33-25(22)20-7-9-21(28)10-8-20)12-5-13-31(27)16-19-6-11-23-24(14-19)30(4)26(32)29(23)3/h6-11,14,18,22,25H,5,12-13,15-17H2,1-4H3/t22-,25-,27-/m0/s1. The molecular formula is C27H34FN3O2. The highest BCUT2D eigenvalue weighted by Crippen LogP contribution is 2.48. The summed E-state index contributed by atoms with van der Waals surface area (Å²) < 4.78 is 23.5. The van der Waals surface area contributed by atoms with E-state index in [9.17, 15) is 9.18 Å². The summed E-state index contributed by atoms with van der Waals surface area (Å²) in [4.78, 5) is 14.9. The van der Waals surface area contributed by atoms with Gasteiger partial charge in [0.2, 0.25) is 0 Å². The van der Waals surface area contributed by atoms with Gasteiger partial charge in [0.05, 0.1) is 23.7 Å². The molecule has 2 fully saturated rings. The molecule has 0 unspecified atom stereocenters. The SMILES string of the molecule is CC(C)[C@@H]1C[C@@]2(CCCN2Cc2ccc3c(c2)n(C)c(=O)n3C)CO[C@H]1c1ccc(F)cc1. The second-order valence-electron chi connectivity index (χ2n) is 10.4. The predicted molar refractivity (Wildman–Crippen MR) is 129 cm³/mol. The van der Waals surface area contributed by atoms with Gasteiger partial charge in [0.25, 0.3) is 0 Å². The van der Waals surface area contributed by atoms with Crippen molar-refractivity contribution in [3.63, 3.8) is 0 Å². The van der Waals surface area contributed by atoms with Gasteiger partial charge in [-0.1, -0.05) is 32.0 Å². The molecule has 0 saturated carbocycles. The van der Waals surface area contributed by atoms with Crippen molar-refractivity contribution in [2.75, 3.05) is 13.2 Å². The highest BCUT2D eigenvalue weighted by molar-refractivity contribution is 5.76. The van der Waals surface area contributed by atoms with Gasteiger partial charge in [-0.05, 0) is 73.0 Å². The van der Waals surface area contributed by atoms with Crippen LogP contribution >= 0.6 is 0 Å². The third kappa shape index (κ3) is 3.83. The Kier molecular flexibility index (Phi) is 5.69. The van der Waals surface area contributed by atoms with Gasteiger partial charge in [-0.25, -0.2) is 9.18 Å². The first-order valence-electron chi connectivity index (χ1n) is 12.1. The van der Waals surface area contributed by atoms with E-state index in [1.807, 2.05) is 26.2 Å². The summed E-state index contributed by atoms with van der Waals surface area (Å²) in [7, 11) is 3.66. The Morgan fingerprint density at radius 3 is 2.55 bits per heavy atom. The molecule has 3 aromatic rings. The van der Waals surface area contributed by atoms with Crippen LogP contribution in [0.4, 0.5) is 4.39 Å². The zero-order valence-electron chi connectivity index (χ0n) is 20.1. The van der Waals surface area contributed by atoms with Gasteiger partial charge in [-0.2, -0.15) is 0 Å². The van der Waals surface area contributed by atoms with Crippen LogP contribution in [0.1, 0.15) is 50.3 Å². The maximum absolute atomic E-state index is 13.5. The van der Waals surface area contributed by atoms with Crippen LogP contribution in [0, 0.1) is 17.7 Å². The number of halogens is 1. The Morgan fingerprint density at radius 2 is 1.82 bits per heavy atom. The fourth-order valence-corrected chi connectivity index (χ4v) is 6.06. The average Bonchev–Trinajstić information content (AvgIpc) is 3.28.